The van der Waals surface area contributed by atoms with Crippen LogP contribution in [0.5, 0.6) is 0 Å². The third kappa shape index (κ3) is 2.97. The summed E-state index contributed by atoms with van der Waals surface area (Å²) in [5.74, 6) is -0.319. The molecule has 6 nitrogen and oxygen atoms in total. The highest BCUT2D eigenvalue weighted by atomic mass is 19.1. The molecule has 0 unspecified atom stereocenters. The quantitative estimate of drug-likeness (QED) is 0.894. The number of aliphatic hydroxyl groups excluding tert-OH is 1. The summed E-state index contributed by atoms with van der Waals surface area (Å²) < 4.78 is 15.6. The predicted octanol–water partition coefficient (Wildman–Crippen LogP) is 1.98. The second kappa shape index (κ2) is 6.54. The summed E-state index contributed by atoms with van der Waals surface area (Å²) in [5.41, 5.74) is 0.340. The molecule has 1 aliphatic heterocycles. The summed E-state index contributed by atoms with van der Waals surface area (Å²) in [6.07, 6.45) is 6.19. The van der Waals surface area contributed by atoms with Gasteiger partial charge in [0.2, 0.25) is 0 Å². The van der Waals surface area contributed by atoms with E-state index in [2.05, 4.69) is 4.98 Å². The molecule has 4 atom stereocenters. The molecule has 1 aromatic heterocycles. The van der Waals surface area contributed by atoms with Crippen LogP contribution in [0.4, 0.5) is 4.39 Å². The SMILES string of the molecule is N#Cc1cc(F)cc(C(=O)N2C[C@H]3C[C@@H](n4ccnc4)[C@H](O)C[C@H]3C2)c1. The molecule has 2 aliphatic rings. The molecule has 1 saturated carbocycles. The molecule has 1 aromatic carbocycles. The number of hydrogen-bond acceptors (Lipinski definition) is 4. The number of carbonyl (C=O) groups excluding carboxylic acids is 1. The lowest BCUT2D eigenvalue weighted by molar-refractivity contribution is 0.0357. The van der Waals surface area contributed by atoms with E-state index < -0.39 is 11.9 Å². The first-order valence-corrected chi connectivity index (χ1v) is 8.70. The van der Waals surface area contributed by atoms with E-state index in [1.54, 1.807) is 17.4 Å². The molecular formula is C19H19FN4O2. The van der Waals surface area contributed by atoms with Crippen molar-refractivity contribution < 1.29 is 14.3 Å². The van der Waals surface area contributed by atoms with E-state index >= 15 is 0 Å². The van der Waals surface area contributed by atoms with Crippen LogP contribution in [0.1, 0.15) is 34.8 Å². The van der Waals surface area contributed by atoms with E-state index in [0.717, 1.165) is 12.5 Å². The van der Waals surface area contributed by atoms with Crippen LogP contribution >= 0.6 is 0 Å². The average Bonchev–Trinajstić information content (AvgIpc) is 3.28. The molecule has 4 rings (SSSR count). The van der Waals surface area contributed by atoms with Gasteiger partial charge < -0.3 is 14.6 Å². The highest BCUT2D eigenvalue weighted by Crippen LogP contribution is 2.41. The second-order valence-corrected chi connectivity index (χ2v) is 7.19. The van der Waals surface area contributed by atoms with Crippen molar-refractivity contribution in [2.75, 3.05) is 13.1 Å². The van der Waals surface area contributed by atoms with Crippen LogP contribution in [-0.4, -0.2) is 44.7 Å². The van der Waals surface area contributed by atoms with Crippen LogP contribution in [0.3, 0.4) is 0 Å². The van der Waals surface area contributed by atoms with Gasteiger partial charge in [-0.05, 0) is 42.9 Å². The number of likely N-dealkylation sites (tertiary alicyclic amines) is 1. The number of amides is 1. The molecule has 1 aliphatic carbocycles. The van der Waals surface area contributed by atoms with Crippen LogP contribution in [0.15, 0.2) is 36.9 Å². The van der Waals surface area contributed by atoms with Crippen LogP contribution in [0.2, 0.25) is 0 Å². The minimum atomic E-state index is -0.584. The number of rotatable bonds is 2. The number of hydrogen-bond donors (Lipinski definition) is 1. The van der Waals surface area contributed by atoms with Gasteiger partial charge in [0.1, 0.15) is 5.82 Å². The zero-order valence-corrected chi connectivity index (χ0v) is 14.1. The first kappa shape index (κ1) is 16.7. The van der Waals surface area contributed by atoms with Crippen molar-refractivity contribution in [3.8, 4) is 6.07 Å². The van der Waals surface area contributed by atoms with Crippen LogP contribution < -0.4 is 0 Å². The normalized spacial score (nSPS) is 27.8. The van der Waals surface area contributed by atoms with Gasteiger partial charge in [-0.3, -0.25) is 4.79 Å². The first-order chi connectivity index (χ1) is 12.5. The van der Waals surface area contributed by atoms with Crippen molar-refractivity contribution >= 4 is 5.91 Å². The number of aliphatic hydroxyl groups is 1. The third-order valence-corrected chi connectivity index (χ3v) is 5.58. The molecule has 7 heteroatoms. The molecule has 1 saturated heterocycles. The number of imidazole rings is 1. The summed E-state index contributed by atoms with van der Waals surface area (Å²) in [6.45, 7) is 1.13. The molecular weight excluding hydrogens is 335 g/mol. The van der Waals surface area contributed by atoms with Gasteiger partial charge in [-0.1, -0.05) is 0 Å². The van der Waals surface area contributed by atoms with Crippen molar-refractivity contribution in [1.29, 1.82) is 5.26 Å². The summed E-state index contributed by atoms with van der Waals surface area (Å²) in [4.78, 5) is 18.5. The Kier molecular flexibility index (Phi) is 4.21. The largest absolute Gasteiger partial charge is 0.391 e. The van der Waals surface area contributed by atoms with Crippen LogP contribution in [0.25, 0.3) is 0 Å². The lowest BCUT2D eigenvalue weighted by Gasteiger charge is -2.35. The molecule has 0 spiro atoms. The van der Waals surface area contributed by atoms with Gasteiger partial charge in [0.15, 0.2) is 0 Å². The smallest absolute Gasteiger partial charge is 0.254 e. The van der Waals surface area contributed by atoms with E-state index in [4.69, 9.17) is 5.26 Å². The molecule has 26 heavy (non-hydrogen) atoms. The Morgan fingerprint density at radius 2 is 2.04 bits per heavy atom. The minimum absolute atomic E-state index is 0.0341. The molecule has 1 N–H and O–H groups in total. The van der Waals surface area contributed by atoms with Crippen molar-refractivity contribution in [2.24, 2.45) is 11.8 Å². The van der Waals surface area contributed by atoms with E-state index in [1.165, 1.54) is 12.1 Å². The average molecular weight is 354 g/mol. The minimum Gasteiger partial charge on any atom is -0.391 e. The van der Waals surface area contributed by atoms with Crippen molar-refractivity contribution in [3.05, 3.63) is 53.9 Å². The lowest BCUT2D eigenvalue weighted by atomic mass is 9.77. The van der Waals surface area contributed by atoms with Crippen LogP contribution in [0, 0.1) is 29.0 Å². The standard InChI is InChI=1S/C19H19FN4O2/c20-16-4-12(8-21)3-13(5-16)19(26)24-9-14-6-17(23-2-1-22-11-23)18(25)7-15(14)10-24/h1-5,11,14-15,17-18,25H,6-7,9-10H2/t14-,15+,17-,18-/m1/s1. The van der Waals surface area contributed by atoms with Gasteiger partial charge in [0, 0.05) is 31.0 Å². The Balaban J connectivity index is 1.51. The number of benzene rings is 1. The zero-order chi connectivity index (χ0) is 18.3. The second-order valence-electron chi connectivity index (χ2n) is 7.19. The zero-order valence-electron chi connectivity index (χ0n) is 14.1. The van der Waals surface area contributed by atoms with Crippen molar-refractivity contribution in [1.82, 2.24) is 14.5 Å². The summed E-state index contributed by atoms with van der Waals surface area (Å²) in [6, 6.07) is 5.56. The number of carbonyl (C=O) groups is 1. The number of nitrogens with zero attached hydrogens (tertiary/aromatic N) is 4. The highest BCUT2D eigenvalue weighted by Gasteiger charge is 2.43. The maximum atomic E-state index is 13.7. The van der Waals surface area contributed by atoms with Gasteiger partial charge in [-0.2, -0.15) is 5.26 Å². The van der Waals surface area contributed by atoms with Gasteiger partial charge in [0.25, 0.3) is 5.91 Å². The van der Waals surface area contributed by atoms with E-state index in [-0.39, 0.29) is 29.0 Å². The molecule has 1 amide bonds. The Labute approximate surface area is 150 Å². The van der Waals surface area contributed by atoms with Crippen molar-refractivity contribution in [2.45, 2.75) is 25.0 Å². The summed E-state index contributed by atoms with van der Waals surface area (Å²) in [5, 5.41) is 19.5. The Bertz CT molecular complexity index is 861. The molecule has 2 heterocycles. The summed E-state index contributed by atoms with van der Waals surface area (Å²) in [7, 11) is 0. The monoisotopic (exact) mass is 354 g/mol. The third-order valence-electron chi connectivity index (χ3n) is 5.58. The number of halogens is 1. The van der Waals surface area contributed by atoms with Gasteiger partial charge >= 0.3 is 0 Å². The Hall–Kier alpha value is -2.72. The molecule has 2 fully saturated rings. The number of fused-ring (bicyclic) bond motifs is 1. The highest BCUT2D eigenvalue weighted by molar-refractivity contribution is 5.94. The Morgan fingerprint density at radius 3 is 2.73 bits per heavy atom. The number of aromatic nitrogens is 2. The fourth-order valence-corrected chi connectivity index (χ4v) is 4.32. The maximum absolute atomic E-state index is 13.7. The van der Waals surface area contributed by atoms with Crippen molar-refractivity contribution in [3.63, 3.8) is 0 Å². The first-order valence-electron chi connectivity index (χ1n) is 8.70. The predicted molar refractivity (Wildman–Crippen MR) is 90.5 cm³/mol. The molecule has 134 valence electrons. The van der Waals surface area contributed by atoms with Gasteiger partial charge in [-0.25, -0.2) is 9.37 Å². The van der Waals surface area contributed by atoms with Crippen LogP contribution in [-0.2, 0) is 0 Å². The molecule has 0 bridgehead atoms. The molecule has 2 aromatic rings. The topological polar surface area (TPSA) is 82.2 Å². The van der Waals surface area contributed by atoms with E-state index in [1.807, 2.05) is 16.8 Å². The maximum Gasteiger partial charge on any atom is 0.254 e. The fraction of sp³-hybridized carbons (Fsp3) is 0.421. The number of nitriles is 1. The molecule has 0 radical (unpaired) electrons. The summed E-state index contributed by atoms with van der Waals surface area (Å²) >= 11 is 0. The lowest BCUT2D eigenvalue weighted by Crippen LogP contribution is -2.35. The van der Waals surface area contributed by atoms with Gasteiger partial charge in [0.05, 0.1) is 30.1 Å². The van der Waals surface area contributed by atoms with E-state index in [0.29, 0.717) is 25.4 Å². The van der Waals surface area contributed by atoms with Gasteiger partial charge in [-0.15, -0.1) is 0 Å². The van der Waals surface area contributed by atoms with E-state index in [9.17, 15) is 14.3 Å². The fourth-order valence-electron chi connectivity index (χ4n) is 4.32. The Morgan fingerprint density at radius 1 is 1.27 bits per heavy atom.